The average molecular weight is 247 g/mol. The van der Waals surface area contributed by atoms with Crippen molar-refractivity contribution in [3.63, 3.8) is 0 Å². The third-order valence-corrected chi connectivity index (χ3v) is 3.32. The van der Waals surface area contributed by atoms with Gasteiger partial charge in [-0.25, -0.2) is 0 Å². The molecule has 1 atom stereocenters. The molecule has 1 saturated heterocycles. The minimum atomic E-state index is 0.0891. The molecule has 4 heteroatoms. The lowest BCUT2D eigenvalue weighted by molar-refractivity contribution is -0.120. The third-order valence-electron chi connectivity index (χ3n) is 3.32. The maximum Gasteiger partial charge on any atom is 0.224 e. The van der Waals surface area contributed by atoms with E-state index in [0.717, 1.165) is 30.9 Å². The number of piperidine rings is 1. The molecule has 1 unspecified atom stereocenters. The Bertz CT molecular complexity index is 383. The van der Waals surface area contributed by atoms with Crippen molar-refractivity contribution >= 4 is 5.91 Å². The highest BCUT2D eigenvalue weighted by atomic mass is 16.1. The van der Waals surface area contributed by atoms with Crippen LogP contribution in [0.5, 0.6) is 0 Å². The van der Waals surface area contributed by atoms with Crippen LogP contribution in [0, 0.1) is 12.8 Å². The molecule has 1 amide bonds. The topological polar surface area (TPSA) is 54.0 Å². The van der Waals surface area contributed by atoms with Crippen LogP contribution < -0.4 is 10.6 Å². The van der Waals surface area contributed by atoms with E-state index in [1.807, 2.05) is 19.1 Å². The van der Waals surface area contributed by atoms with Gasteiger partial charge in [0.15, 0.2) is 0 Å². The van der Waals surface area contributed by atoms with Gasteiger partial charge < -0.3 is 10.6 Å². The van der Waals surface area contributed by atoms with Crippen LogP contribution in [0.1, 0.15) is 24.1 Å². The van der Waals surface area contributed by atoms with Crippen LogP contribution >= 0.6 is 0 Å². The molecular weight excluding hydrogens is 226 g/mol. The van der Waals surface area contributed by atoms with Gasteiger partial charge >= 0.3 is 0 Å². The van der Waals surface area contributed by atoms with Gasteiger partial charge in [-0.15, -0.1) is 0 Å². The van der Waals surface area contributed by atoms with Crippen LogP contribution in [-0.2, 0) is 11.2 Å². The van der Waals surface area contributed by atoms with E-state index in [2.05, 4.69) is 15.6 Å². The Balaban J connectivity index is 1.73. The Morgan fingerprint density at radius 2 is 2.44 bits per heavy atom. The van der Waals surface area contributed by atoms with Crippen LogP contribution in [0.15, 0.2) is 18.3 Å². The SMILES string of the molecule is Cc1ccc(CC(=O)NCC2CCCNC2)cn1. The molecule has 0 aromatic carbocycles. The number of hydrogen-bond acceptors (Lipinski definition) is 3. The Labute approximate surface area is 108 Å². The predicted molar refractivity (Wildman–Crippen MR) is 71.3 cm³/mol. The number of aryl methyl sites for hydroxylation is 1. The zero-order valence-corrected chi connectivity index (χ0v) is 10.9. The van der Waals surface area contributed by atoms with Crippen molar-refractivity contribution in [2.75, 3.05) is 19.6 Å². The monoisotopic (exact) mass is 247 g/mol. The van der Waals surface area contributed by atoms with Crippen LogP contribution in [0.3, 0.4) is 0 Å². The molecule has 98 valence electrons. The quantitative estimate of drug-likeness (QED) is 0.836. The number of nitrogens with zero attached hydrogens (tertiary/aromatic N) is 1. The van der Waals surface area contributed by atoms with E-state index in [0.29, 0.717) is 12.3 Å². The number of carbonyl (C=O) groups excluding carboxylic acids is 1. The second-order valence-electron chi connectivity index (χ2n) is 5.00. The number of hydrogen-bond donors (Lipinski definition) is 2. The Kier molecular flexibility index (Phi) is 4.70. The molecule has 2 heterocycles. The van der Waals surface area contributed by atoms with Crippen molar-refractivity contribution in [2.45, 2.75) is 26.2 Å². The van der Waals surface area contributed by atoms with E-state index < -0.39 is 0 Å². The van der Waals surface area contributed by atoms with Crippen molar-refractivity contribution in [1.82, 2.24) is 15.6 Å². The molecule has 2 N–H and O–H groups in total. The molecule has 0 bridgehead atoms. The molecule has 1 aliphatic rings. The van der Waals surface area contributed by atoms with Gasteiger partial charge in [-0.05, 0) is 50.4 Å². The number of nitrogens with one attached hydrogen (secondary N) is 2. The van der Waals surface area contributed by atoms with Crippen molar-refractivity contribution in [1.29, 1.82) is 0 Å². The summed E-state index contributed by atoms with van der Waals surface area (Å²) in [6, 6.07) is 3.90. The van der Waals surface area contributed by atoms with E-state index in [9.17, 15) is 4.79 Å². The maximum absolute atomic E-state index is 11.8. The van der Waals surface area contributed by atoms with E-state index in [1.54, 1.807) is 6.20 Å². The van der Waals surface area contributed by atoms with Gasteiger partial charge in [0.1, 0.15) is 0 Å². The zero-order chi connectivity index (χ0) is 12.8. The molecule has 1 fully saturated rings. The summed E-state index contributed by atoms with van der Waals surface area (Å²) >= 11 is 0. The van der Waals surface area contributed by atoms with Crippen molar-refractivity contribution in [2.24, 2.45) is 5.92 Å². The largest absolute Gasteiger partial charge is 0.355 e. The summed E-state index contributed by atoms with van der Waals surface area (Å²) in [6.45, 7) is 4.86. The fraction of sp³-hybridized carbons (Fsp3) is 0.571. The molecule has 0 aliphatic carbocycles. The van der Waals surface area contributed by atoms with Crippen molar-refractivity contribution in [3.8, 4) is 0 Å². The molecule has 0 saturated carbocycles. The number of aromatic nitrogens is 1. The van der Waals surface area contributed by atoms with Crippen molar-refractivity contribution < 1.29 is 4.79 Å². The normalized spacial score (nSPS) is 19.5. The highest BCUT2D eigenvalue weighted by Gasteiger charge is 2.13. The molecule has 2 rings (SSSR count). The minimum absolute atomic E-state index is 0.0891. The molecule has 0 spiro atoms. The van der Waals surface area contributed by atoms with Crippen molar-refractivity contribution in [3.05, 3.63) is 29.6 Å². The first-order valence-corrected chi connectivity index (χ1v) is 6.63. The lowest BCUT2D eigenvalue weighted by Gasteiger charge is -2.22. The number of rotatable bonds is 4. The van der Waals surface area contributed by atoms with Gasteiger partial charge in [0.2, 0.25) is 5.91 Å². The molecule has 1 aliphatic heterocycles. The lowest BCUT2D eigenvalue weighted by atomic mass is 10.00. The van der Waals surface area contributed by atoms with Gasteiger partial charge in [-0.2, -0.15) is 0 Å². The number of carbonyl (C=O) groups is 1. The second kappa shape index (κ2) is 6.50. The first-order chi connectivity index (χ1) is 8.74. The van der Waals surface area contributed by atoms with Crippen LogP contribution in [0.2, 0.25) is 0 Å². The minimum Gasteiger partial charge on any atom is -0.355 e. The number of pyridine rings is 1. The highest BCUT2D eigenvalue weighted by molar-refractivity contribution is 5.78. The van der Waals surface area contributed by atoms with Gasteiger partial charge in [-0.3, -0.25) is 9.78 Å². The fourth-order valence-corrected chi connectivity index (χ4v) is 2.21. The standard InChI is InChI=1S/C14H21N3O/c1-11-4-5-12(9-16-11)7-14(18)17-10-13-3-2-6-15-8-13/h4-5,9,13,15H,2-3,6-8,10H2,1H3,(H,17,18). The Morgan fingerprint density at radius 1 is 1.56 bits per heavy atom. The van der Waals surface area contributed by atoms with Gasteiger partial charge in [-0.1, -0.05) is 6.07 Å². The smallest absolute Gasteiger partial charge is 0.224 e. The first kappa shape index (κ1) is 13.0. The molecule has 18 heavy (non-hydrogen) atoms. The van der Waals surface area contributed by atoms with Crippen LogP contribution in [-0.4, -0.2) is 30.5 Å². The first-order valence-electron chi connectivity index (χ1n) is 6.63. The zero-order valence-electron chi connectivity index (χ0n) is 10.9. The predicted octanol–water partition coefficient (Wildman–Crippen LogP) is 1.05. The number of amides is 1. The summed E-state index contributed by atoms with van der Waals surface area (Å²) < 4.78 is 0. The molecule has 1 aromatic rings. The third kappa shape index (κ3) is 4.11. The molecule has 0 radical (unpaired) electrons. The highest BCUT2D eigenvalue weighted by Crippen LogP contribution is 2.08. The fourth-order valence-electron chi connectivity index (χ4n) is 2.21. The van der Waals surface area contributed by atoms with E-state index >= 15 is 0 Å². The lowest BCUT2D eigenvalue weighted by Crippen LogP contribution is -2.38. The Hall–Kier alpha value is -1.42. The average Bonchev–Trinajstić information content (AvgIpc) is 2.40. The van der Waals surface area contributed by atoms with Crippen LogP contribution in [0.25, 0.3) is 0 Å². The van der Waals surface area contributed by atoms with E-state index in [1.165, 1.54) is 12.8 Å². The summed E-state index contributed by atoms with van der Waals surface area (Å²) in [5.41, 5.74) is 1.95. The summed E-state index contributed by atoms with van der Waals surface area (Å²) in [5.74, 6) is 0.671. The van der Waals surface area contributed by atoms with E-state index in [-0.39, 0.29) is 5.91 Å². The molecule has 4 nitrogen and oxygen atoms in total. The maximum atomic E-state index is 11.8. The van der Waals surface area contributed by atoms with E-state index in [4.69, 9.17) is 0 Å². The van der Waals surface area contributed by atoms with Crippen LogP contribution in [0.4, 0.5) is 0 Å². The second-order valence-corrected chi connectivity index (χ2v) is 5.00. The molecule has 1 aromatic heterocycles. The summed E-state index contributed by atoms with van der Waals surface area (Å²) in [4.78, 5) is 16.0. The van der Waals surface area contributed by atoms with Gasteiger partial charge in [0.05, 0.1) is 6.42 Å². The summed E-state index contributed by atoms with van der Waals surface area (Å²) in [6.07, 6.45) is 4.62. The van der Waals surface area contributed by atoms with Gasteiger partial charge in [0.25, 0.3) is 0 Å². The summed E-state index contributed by atoms with van der Waals surface area (Å²) in [5, 5.41) is 6.36. The molecular formula is C14H21N3O. The van der Waals surface area contributed by atoms with Gasteiger partial charge in [0, 0.05) is 18.4 Å². The summed E-state index contributed by atoms with van der Waals surface area (Å²) in [7, 11) is 0. The Morgan fingerprint density at radius 3 is 3.11 bits per heavy atom.